The molecule has 0 N–H and O–H groups in total. The summed E-state index contributed by atoms with van der Waals surface area (Å²) in [5.74, 6) is 1.08. The molecule has 0 aromatic carbocycles. The molecule has 90 valence electrons. The number of rotatable bonds is 3. The van der Waals surface area contributed by atoms with Crippen molar-refractivity contribution in [1.82, 2.24) is 0 Å². The van der Waals surface area contributed by atoms with Crippen LogP contribution in [0.4, 0.5) is 0 Å². The van der Waals surface area contributed by atoms with E-state index >= 15 is 0 Å². The third kappa shape index (κ3) is 3.46. The molecule has 16 heavy (non-hydrogen) atoms. The maximum atomic E-state index is 11.2. The van der Waals surface area contributed by atoms with Gasteiger partial charge in [-0.1, -0.05) is 20.8 Å². The minimum atomic E-state index is -0.548. The first kappa shape index (κ1) is 12.9. The van der Waals surface area contributed by atoms with Crippen molar-refractivity contribution in [3.05, 3.63) is 5.53 Å². The van der Waals surface area contributed by atoms with Gasteiger partial charge in [0, 0.05) is 0 Å². The molecule has 1 aliphatic carbocycles. The summed E-state index contributed by atoms with van der Waals surface area (Å²) in [4.78, 5) is 13.9. The molecule has 0 aromatic rings. The van der Waals surface area contributed by atoms with Gasteiger partial charge in [0.25, 0.3) is 0 Å². The van der Waals surface area contributed by atoms with Crippen LogP contribution in [0.2, 0.25) is 0 Å². The smallest absolute Gasteiger partial charge is 0.413 e. The minimum Gasteiger partial charge on any atom is -0.454 e. The van der Waals surface area contributed by atoms with Gasteiger partial charge in [0.1, 0.15) is 6.10 Å². The van der Waals surface area contributed by atoms with Gasteiger partial charge in [-0.3, -0.25) is 0 Å². The fourth-order valence-corrected chi connectivity index (χ4v) is 2.47. The molecule has 0 saturated heterocycles. The van der Waals surface area contributed by atoms with E-state index in [1.54, 1.807) is 0 Å². The Hall–Kier alpha value is -1.15. The third-order valence-electron chi connectivity index (χ3n) is 3.38. The van der Waals surface area contributed by atoms with Crippen LogP contribution in [0.3, 0.4) is 0 Å². The van der Waals surface area contributed by atoms with E-state index in [0.717, 1.165) is 25.5 Å². The molecule has 4 heteroatoms. The van der Waals surface area contributed by atoms with E-state index in [2.05, 4.69) is 25.6 Å². The molecule has 0 radical (unpaired) electrons. The van der Waals surface area contributed by atoms with Crippen LogP contribution in [0.1, 0.15) is 40.0 Å². The van der Waals surface area contributed by atoms with Crippen molar-refractivity contribution in [3.63, 3.8) is 0 Å². The van der Waals surface area contributed by atoms with E-state index in [0.29, 0.717) is 17.8 Å². The van der Waals surface area contributed by atoms with Crippen LogP contribution in [-0.4, -0.2) is 23.1 Å². The molecular weight excluding hydrogens is 204 g/mol. The predicted molar refractivity (Wildman–Crippen MR) is 60.9 cm³/mol. The van der Waals surface area contributed by atoms with Crippen molar-refractivity contribution in [2.45, 2.75) is 46.1 Å². The zero-order valence-electron chi connectivity index (χ0n) is 10.2. The van der Waals surface area contributed by atoms with Gasteiger partial charge in [0.15, 0.2) is 0 Å². The first-order valence-electron chi connectivity index (χ1n) is 5.92. The predicted octanol–water partition coefficient (Wildman–Crippen LogP) is 2.29. The summed E-state index contributed by atoms with van der Waals surface area (Å²) >= 11 is 0. The SMILES string of the molecule is CC(C)[C@@H]1C[C@H](C)CC[C@H]1OC(=O)C=[N+]=[N-]. The van der Waals surface area contributed by atoms with Gasteiger partial charge in [0.05, 0.1) is 0 Å². The molecule has 0 unspecified atom stereocenters. The maximum Gasteiger partial charge on any atom is 0.413 e. The largest absolute Gasteiger partial charge is 0.454 e. The Morgan fingerprint density at radius 2 is 2.19 bits per heavy atom. The molecule has 1 saturated carbocycles. The standard InChI is InChI=1S/C12H20N2O2/c1-8(2)10-6-9(3)4-5-11(10)16-12(15)7-14-13/h7-11H,4-6H2,1-3H3/t9-,10+,11-/m1/s1. The first-order chi connectivity index (χ1) is 7.54. The average molecular weight is 224 g/mol. The van der Waals surface area contributed by atoms with Gasteiger partial charge in [-0.15, -0.1) is 0 Å². The topological polar surface area (TPSA) is 62.7 Å². The Balaban J connectivity index is 2.62. The Morgan fingerprint density at radius 1 is 1.50 bits per heavy atom. The number of nitrogens with zero attached hydrogens (tertiary/aromatic N) is 2. The van der Waals surface area contributed by atoms with Crippen molar-refractivity contribution >= 4 is 12.2 Å². The van der Waals surface area contributed by atoms with Crippen LogP contribution in [0.5, 0.6) is 0 Å². The zero-order chi connectivity index (χ0) is 12.1. The molecule has 0 bridgehead atoms. The molecule has 3 atom stereocenters. The fourth-order valence-electron chi connectivity index (χ4n) is 2.47. The summed E-state index contributed by atoms with van der Waals surface area (Å²) in [5.41, 5.74) is 8.25. The number of ether oxygens (including phenoxy) is 1. The summed E-state index contributed by atoms with van der Waals surface area (Å²) in [6.07, 6.45) is 3.90. The molecule has 4 nitrogen and oxygen atoms in total. The van der Waals surface area contributed by atoms with Gasteiger partial charge in [0.2, 0.25) is 0 Å². The van der Waals surface area contributed by atoms with Crippen LogP contribution in [-0.2, 0) is 9.53 Å². The Morgan fingerprint density at radius 3 is 2.75 bits per heavy atom. The molecule has 0 spiro atoms. The van der Waals surface area contributed by atoms with E-state index in [4.69, 9.17) is 10.3 Å². The van der Waals surface area contributed by atoms with Gasteiger partial charge in [-0.05, 0) is 37.0 Å². The van der Waals surface area contributed by atoms with Crippen LogP contribution in [0.15, 0.2) is 0 Å². The lowest BCUT2D eigenvalue weighted by Gasteiger charge is -2.36. The second kappa shape index (κ2) is 5.80. The van der Waals surface area contributed by atoms with Gasteiger partial charge in [-0.25, -0.2) is 4.79 Å². The summed E-state index contributed by atoms with van der Waals surface area (Å²) in [6, 6.07) is 0. The molecule has 0 aromatic heterocycles. The number of carbonyl (C=O) groups is 1. The maximum absolute atomic E-state index is 11.2. The first-order valence-corrected chi connectivity index (χ1v) is 5.92. The normalized spacial score (nSPS) is 29.6. The Labute approximate surface area is 96.6 Å². The number of hydrogen-bond donors (Lipinski definition) is 0. The molecular formula is C12H20N2O2. The molecule has 1 aliphatic rings. The van der Waals surface area contributed by atoms with Crippen LogP contribution in [0, 0.1) is 17.8 Å². The second-order valence-corrected chi connectivity index (χ2v) is 5.05. The minimum absolute atomic E-state index is 0.0262. The van der Waals surface area contributed by atoms with Gasteiger partial charge < -0.3 is 10.3 Å². The average Bonchev–Trinajstić information content (AvgIpc) is 2.20. The van der Waals surface area contributed by atoms with Gasteiger partial charge >= 0.3 is 12.2 Å². The van der Waals surface area contributed by atoms with Crippen molar-refractivity contribution in [2.75, 3.05) is 0 Å². The van der Waals surface area contributed by atoms with Crippen molar-refractivity contribution < 1.29 is 14.3 Å². The Bertz CT molecular complexity index is 295. The van der Waals surface area contributed by atoms with E-state index in [1.165, 1.54) is 0 Å². The van der Waals surface area contributed by atoms with Crippen molar-refractivity contribution in [2.24, 2.45) is 17.8 Å². The highest BCUT2D eigenvalue weighted by molar-refractivity contribution is 6.20. The van der Waals surface area contributed by atoms with Crippen molar-refractivity contribution in [3.8, 4) is 0 Å². The number of esters is 1. The molecule has 1 fully saturated rings. The number of carbonyl (C=O) groups excluding carboxylic acids is 1. The summed E-state index contributed by atoms with van der Waals surface area (Å²) in [7, 11) is 0. The summed E-state index contributed by atoms with van der Waals surface area (Å²) in [6.45, 7) is 6.55. The van der Waals surface area contributed by atoms with Crippen LogP contribution < -0.4 is 0 Å². The highest BCUT2D eigenvalue weighted by Crippen LogP contribution is 2.35. The van der Waals surface area contributed by atoms with E-state index < -0.39 is 5.97 Å². The zero-order valence-corrected chi connectivity index (χ0v) is 10.2. The van der Waals surface area contributed by atoms with E-state index in [9.17, 15) is 4.79 Å². The molecule has 0 amide bonds. The lowest BCUT2D eigenvalue weighted by Crippen LogP contribution is -2.36. The fraction of sp³-hybridized carbons (Fsp3) is 0.833. The lowest BCUT2D eigenvalue weighted by molar-refractivity contribution is -0.150. The summed E-state index contributed by atoms with van der Waals surface area (Å²) < 4.78 is 5.31. The van der Waals surface area contributed by atoms with Crippen molar-refractivity contribution in [1.29, 1.82) is 0 Å². The molecule has 0 aliphatic heterocycles. The third-order valence-corrected chi connectivity index (χ3v) is 3.38. The molecule has 1 rings (SSSR count). The molecule has 0 heterocycles. The van der Waals surface area contributed by atoms with E-state index in [-0.39, 0.29) is 6.10 Å². The number of hydrogen-bond acceptors (Lipinski definition) is 2. The van der Waals surface area contributed by atoms with Crippen LogP contribution >= 0.6 is 0 Å². The monoisotopic (exact) mass is 224 g/mol. The second-order valence-electron chi connectivity index (χ2n) is 5.05. The highest BCUT2D eigenvalue weighted by Gasteiger charge is 2.33. The summed E-state index contributed by atoms with van der Waals surface area (Å²) in [5, 5.41) is 0. The highest BCUT2D eigenvalue weighted by atomic mass is 16.5. The van der Waals surface area contributed by atoms with Crippen LogP contribution in [0.25, 0.3) is 5.53 Å². The Kier molecular flexibility index (Phi) is 4.69. The lowest BCUT2D eigenvalue weighted by atomic mass is 9.75. The van der Waals surface area contributed by atoms with Gasteiger partial charge in [-0.2, -0.15) is 4.79 Å². The van der Waals surface area contributed by atoms with E-state index in [1.807, 2.05) is 0 Å². The quantitative estimate of drug-likeness (QED) is 0.319.